The van der Waals surface area contributed by atoms with Crippen molar-refractivity contribution in [1.29, 1.82) is 0 Å². The van der Waals surface area contributed by atoms with Crippen LogP contribution in [0.25, 0.3) is 0 Å². The highest BCUT2D eigenvalue weighted by molar-refractivity contribution is 5.73. The Morgan fingerprint density at radius 3 is 2.69 bits per heavy atom. The van der Waals surface area contributed by atoms with Gasteiger partial charge in [0.05, 0.1) is 25.2 Å². The molecule has 1 aliphatic rings. The molecule has 0 saturated carbocycles. The number of amides is 1. The van der Waals surface area contributed by atoms with Gasteiger partial charge in [-0.2, -0.15) is 0 Å². The van der Waals surface area contributed by atoms with E-state index in [2.05, 4.69) is 4.98 Å². The number of carbonyl (C=O) groups excluding carboxylic acids is 1. The van der Waals surface area contributed by atoms with E-state index < -0.39 is 0 Å². The Morgan fingerprint density at radius 2 is 2.00 bits per heavy atom. The van der Waals surface area contributed by atoms with Crippen molar-refractivity contribution in [2.75, 3.05) is 13.2 Å². The lowest BCUT2D eigenvalue weighted by molar-refractivity contribution is -0.129. The van der Waals surface area contributed by atoms with Crippen LogP contribution in [0.3, 0.4) is 0 Å². The number of fused-ring (bicyclic) bond motifs is 1. The molecule has 0 fully saturated rings. The van der Waals surface area contributed by atoms with Crippen LogP contribution in [0.2, 0.25) is 0 Å². The maximum Gasteiger partial charge on any atom is 0.256 e. The number of aromatic nitrogens is 2. The predicted octanol–water partition coefficient (Wildman–Crippen LogP) is 2.23. The van der Waals surface area contributed by atoms with Crippen LogP contribution in [0.5, 0.6) is 5.75 Å². The zero-order chi connectivity index (χ0) is 18.7. The Balaban J connectivity index is 1.61. The topological polar surface area (TPSA) is 64.4 Å². The summed E-state index contributed by atoms with van der Waals surface area (Å²) in [4.78, 5) is 30.3. The van der Waals surface area contributed by atoms with Crippen LogP contribution in [0, 0.1) is 13.8 Å². The minimum absolute atomic E-state index is 0.00488. The van der Waals surface area contributed by atoms with Crippen LogP contribution in [0.4, 0.5) is 0 Å². The molecule has 0 saturated heterocycles. The quantitative estimate of drug-likeness (QED) is 0.772. The number of hydrogen-bond donors (Lipinski definition) is 0. The van der Waals surface area contributed by atoms with Crippen LogP contribution in [0.1, 0.15) is 35.7 Å². The lowest BCUT2D eigenvalue weighted by atomic mass is 10.1. The maximum absolute atomic E-state index is 12.6. The summed E-state index contributed by atoms with van der Waals surface area (Å²) in [6, 6.07) is 6.08. The second-order valence-electron chi connectivity index (χ2n) is 6.78. The molecule has 26 heavy (non-hydrogen) atoms. The lowest BCUT2D eigenvalue weighted by Crippen LogP contribution is -2.39. The highest BCUT2D eigenvalue weighted by Gasteiger charge is 2.22. The van der Waals surface area contributed by atoms with Crippen molar-refractivity contribution in [2.24, 2.45) is 0 Å². The Kier molecular flexibility index (Phi) is 5.40. The molecule has 2 aromatic rings. The zero-order valence-electron chi connectivity index (χ0n) is 15.6. The molecule has 1 aromatic heterocycles. The SMILES string of the molecule is CC(=O)N1CCc2c(ncn(CCCOc3c(C)cccc3C)c2=O)C1. The summed E-state index contributed by atoms with van der Waals surface area (Å²) in [6.07, 6.45) is 2.89. The van der Waals surface area contributed by atoms with Crippen molar-refractivity contribution >= 4 is 5.91 Å². The number of benzene rings is 1. The third-order valence-electron chi connectivity index (χ3n) is 4.84. The average Bonchev–Trinajstić information content (AvgIpc) is 2.62. The van der Waals surface area contributed by atoms with Crippen LogP contribution in [0.15, 0.2) is 29.3 Å². The summed E-state index contributed by atoms with van der Waals surface area (Å²) in [7, 11) is 0. The van der Waals surface area contributed by atoms with E-state index in [-0.39, 0.29) is 11.5 Å². The minimum Gasteiger partial charge on any atom is -0.493 e. The van der Waals surface area contributed by atoms with Crippen LogP contribution >= 0.6 is 0 Å². The van der Waals surface area contributed by atoms with Gasteiger partial charge in [-0.3, -0.25) is 14.2 Å². The molecule has 0 spiro atoms. The molecular formula is C20H25N3O3. The Labute approximate surface area is 153 Å². The van der Waals surface area contributed by atoms with Crippen LogP contribution in [-0.4, -0.2) is 33.5 Å². The van der Waals surface area contributed by atoms with E-state index in [9.17, 15) is 9.59 Å². The molecule has 1 amide bonds. The maximum atomic E-state index is 12.6. The van der Waals surface area contributed by atoms with E-state index >= 15 is 0 Å². The van der Waals surface area contributed by atoms with E-state index in [0.717, 1.165) is 34.6 Å². The lowest BCUT2D eigenvalue weighted by Gasteiger charge is -2.26. The molecule has 1 aromatic carbocycles. The van der Waals surface area contributed by atoms with Gasteiger partial charge in [0.1, 0.15) is 5.75 Å². The number of rotatable bonds is 5. The number of nitrogens with zero attached hydrogens (tertiary/aromatic N) is 3. The molecule has 138 valence electrons. The van der Waals surface area contributed by atoms with Gasteiger partial charge < -0.3 is 9.64 Å². The Hall–Kier alpha value is -2.63. The minimum atomic E-state index is 0.00488. The molecule has 3 rings (SSSR count). The predicted molar refractivity (Wildman–Crippen MR) is 99.3 cm³/mol. The highest BCUT2D eigenvalue weighted by atomic mass is 16.5. The zero-order valence-corrected chi connectivity index (χ0v) is 15.6. The molecule has 0 unspecified atom stereocenters. The number of ether oxygens (including phenoxy) is 1. The van der Waals surface area contributed by atoms with Gasteiger partial charge in [-0.15, -0.1) is 0 Å². The van der Waals surface area contributed by atoms with E-state index in [1.165, 1.54) is 0 Å². The monoisotopic (exact) mass is 355 g/mol. The normalized spacial score (nSPS) is 13.4. The van der Waals surface area contributed by atoms with E-state index in [0.29, 0.717) is 32.7 Å². The van der Waals surface area contributed by atoms with Crippen molar-refractivity contribution < 1.29 is 9.53 Å². The first-order valence-electron chi connectivity index (χ1n) is 8.99. The standard InChI is InChI=1S/C20H25N3O3/c1-14-6-4-7-15(2)19(14)26-11-5-9-23-13-21-18-12-22(16(3)24)10-8-17(18)20(23)25/h4,6-7,13H,5,8-12H2,1-3H3. The third-order valence-corrected chi connectivity index (χ3v) is 4.84. The highest BCUT2D eigenvalue weighted by Crippen LogP contribution is 2.22. The van der Waals surface area contributed by atoms with Gasteiger partial charge in [-0.1, -0.05) is 18.2 Å². The number of para-hydroxylation sites is 1. The van der Waals surface area contributed by atoms with E-state index in [1.54, 1.807) is 22.7 Å². The van der Waals surface area contributed by atoms with E-state index in [1.807, 2.05) is 32.0 Å². The number of hydrogen-bond acceptors (Lipinski definition) is 4. The second-order valence-corrected chi connectivity index (χ2v) is 6.78. The van der Waals surface area contributed by atoms with Gasteiger partial charge >= 0.3 is 0 Å². The first-order valence-corrected chi connectivity index (χ1v) is 8.99. The molecule has 0 atom stereocenters. The fourth-order valence-corrected chi connectivity index (χ4v) is 3.32. The van der Waals surface area contributed by atoms with Gasteiger partial charge in [0.25, 0.3) is 5.56 Å². The molecule has 6 heteroatoms. The molecule has 0 aliphatic carbocycles. The van der Waals surface area contributed by atoms with Gasteiger partial charge in [-0.05, 0) is 37.8 Å². The second kappa shape index (κ2) is 7.72. The third kappa shape index (κ3) is 3.79. The summed E-state index contributed by atoms with van der Waals surface area (Å²) < 4.78 is 7.55. The van der Waals surface area contributed by atoms with E-state index in [4.69, 9.17) is 4.74 Å². The van der Waals surface area contributed by atoms with Crippen molar-refractivity contribution in [1.82, 2.24) is 14.5 Å². The average molecular weight is 355 g/mol. The molecule has 1 aliphatic heterocycles. The van der Waals surface area contributed by atoms with Crippen LogP contribution < -0.4 is 10.3 Å². The molecule has 0 N–H and O–H groups in total. The van der Waals surface area contributed by atoms with Crippen molar-refractivity contribution in [3.63, 3.8) is 0 Å². The van der Waals surface area contributed by atoms with Gasteiger partial charge in [0, 0.05) is 25.6 Å². The molecule has 2 heterocycles. The van der Waals surface area contributed by atoms with Gasteiger partial charge in [-0.25, -0.2) is 4.98 Å². The smallest absolute Gasteiger partial charge is 0.256 e. The number of aryl methyl sites for hydroxylation is 3. The molecule has 0 bridgehead atoms. The summed E-state index contributed by atoms with van der Waals surface area (Å²) in [5.74, 6) is 0.943. The van der Waals surface area contributed by atoms with Crippen LogP contribution in [-0.2, 0) is 24.3 Å². The summed E-state index contributed by atoms with van der Waals surface area (Å²) in [6.45, 7) is 7.74. The Bertz CT molecular complexity index is 853. The summed E-state index contributed by atoms with van der Waals surface area (Å²) in [5.41, 5.74) is 3.70. The molecular weight excluding hydrogens is 330 g/mol. The van der Waals surface area contributed by atoms with Crippen molar-refractivity contribution in [3.8, 4) is 5.75 Å². The van der Waals surface area contributed by atoms with Crippen molar-refractivity contribution in [3.05, 3.63) is 57.3 Å². The first kappa shape index (κ1) is 18.2. The number of carbonyl (C=O) groups is 1. The van der Waals surface area contributed by atoms with Crippen molar-refractivity contribution in [2.45, 2.75) is 46.7 Å². The first-order chi connectivity index (χ1) is 12.5. The molecule has 0 radical (unpaired) electrons. The molecule has 6 nitrogen and oxygen atoms in total. The van der Waals surface area contributed by atoms with Gasteiger partial charge in [0.15, 0.2) is 0 Å². The Morgan fingerprint density at radius 1 is 1.27 bits per heavy atom. The fourth-order valence-electron chi connectivity index (χ4n) is 3.32. The fraction of sp³-hybridized carbons (Fsp3) is 0.450. The van der Waals surface area contributed by atoms with Gasteiger partial charge in [0.2, 0.25) is 5.91 Å². The largest absolute Gasteiger partial charge is 0.493 e. The summed E-state index contributed by atoms with van der Waals surface area (Å²) >= 11 is 0. The summed E-state index contributed by atoms with van der Waals surface area (Å²) in [5, 5.41) is 0.